The second-order valence-electron chi connectivity index (χ2n) is 7.32. The molecule has 0 aliphatic rings. The fourth-order valence-electron chi connectivity index (χ4n) is 3.68. The Bertz CT molecular complexity index is 1510. The van der Waals surface area contributed by atoms with E-state index in [9.17, 15) is 13.6 Å². The summed E-state index contributed by atoms with van der Waals surface area (Å²) < 4.78 is 41.3. The van der Waals surface area contributed by atoms with Gasteiger partial charge in [-0.1, -0.05) is 18.2 Å². The summed E-state index contributed by atoms with van der Waals surface area (Å²) in [5.41, 5.74) is 2.18. The van der Waals surface area contributed by atoms with Crippen LogP contribution in [0.2, 0.25) is 0 Å². The first-order chi connectivity index (χ1) is 16.0. The third-order valence-electron chi connectivity index (χ3n) is 5.33. The molecule has 33 heavy (non-hydrogen) atoms. The van der Waals surface area contributed by atoms with Crippen LogP contribution in [0.4, 0.5) is 8.78 Å². The summed E-state index contributed by atoms with van der Waals surface area (Å²) >= 11 is 0. The molecule has 0 unspecified atom stereocenters. The second kappa shape index (κ2) is 8.31. The van der Waals surface area contributed by atoms with Crippen molar-refractivity contribution in [2.75, 3.05) is 7.11 Å². The molecule has 5 rings (SSSR count). The molecule has 0 saturated carbocycles. The molecule has 6 nitrogen and oxygen atoms in total. The van der Waals surface area contributed by atoms with Crippen molar-refractivity contribution in [3.8, 4) is 16.9 Å². The number of pyridine rings is 2. The lowest BCUT2D eigenvalue weighted by molar-refractivity contribution is 0.0595. The quantitative estimate of drug-likeness (QED) is 0.348. The molecule has 0 radical (unpaired) electrons. The van der Waals surface area contributed by atoms with Crippen LogP contribution in [0.1, 0.15) is 16.1 Å². The molecule has 5 aromatic rings. The highest BCUT2D eigenvalue weighted by atomic mass is 19.1. The Morgan fingerprint density at radius 3 is 2.64 bits per heavy atom. The monoisotopic (exact) mass is 445 g/mol. The Kier molecular flexibility index (Phi) is 5.18. The average Bonchev–Trinajstić information content (AvgIpc) is 3.25. The largest absolute Gasteiger partial charge is 0.487 e. The summed E-state index contributed by atoms with van der Waals surface area (Å²) in [6, 6.07) is 14.7. The zero-order valence-electron chi connectivity index (χ0n) is 17.5. The molecule has 164 valence electrons. The molecule has 2 aromatic carbocycles. The van der Waals surface area contributed by atoms with Gasteiger partial charge in [0.1, 0.15) is 18.2 Å². The Morgan fingerprint density at radius 1 is 1.00 bits per heavy atom. The minimum atomic E-state index is -0.779. The minimum absolute atomic E-state index is 0.128. The molecule has 0 amide bonds. The first-order valence-electron chi connectivity index (χ1n) is 10.1. The van der Waals surface area contributed by atoms with E-state index in [0.717, 1.165) is 10.9 Å². The molecule has 8 heteroatoms. The lowest BCUT2D eigenvalue weighted by atomic mass is 10.0. The van der Waals surface area contributed by atoms with Crippen molar-refractivity contribution in [3.05, 3.63) is 96.1 Å². The lowest BCUT2D eigenvalue weighted by Crippen LogP contribution is -2.04. The summed E-state index contributed by atoms with van der Waals surface area (Å²) in [6.45, 7) is 0.133. The third-order valence-corrected chi connectivity index (χ3v) is 5.33. The highest BCUT2D eigenvalue weighted by molar-refractivity contribution is 5.90. The molecule has 0 saturated heterocycles. The molecule has 0 atom stereocenters. The number of hydrogen-bond acceptors (Lipinski definition) is 5. The summed E-state index contributed by atoms with van der Waals surface area (Å²) in [5.74, 6) is -1.45. The highest BCUT2D eigenvalue weighted by Gasteiger charge is 2.16. The van der Waals surface area contributed by atoms with Gasteiger partial charge in [0, 0.05) is 23.3 Å². The zero-order valence-corrected chi connectivity index (χ0v) is 17.5. The smallest absolute Gasteiger partial charge is 0.340 e. The summed E-state index contributed by atoms with van der Waals surface area (Å²) in [7, 11) is 1.18. The van der Waals surface area contributed by atoms with Gasteiger partial charge >= 0.3 is 5.97 Å². The fraction of sp³-hybridized carbons (Fsp3) is 0.0800. The molecular weight excluding hydrogens is 428 g/mol. The van der Waals surface area contributed by atoms with Gasteiger partial charge in [-0.3, -0.25) is 9.38 Å². The van der Waals surface area contributed by atoms with Crippen molar-refractivity contribution in [2.45, 2.75) is 6.61 Å². The first-order valence-corrected chi connectivity index (χ1v) is 10.1. The molecule has 0 spiro atoms. The van der Waals surface area contributed by atoms with Crippen molar-refractivity contribution < 1.29 is 23.0 Å². The van der Waals surface area contributed by atoms with E-state index in [1.165, 1.54) is 37.6 Å². The fourth-order valence-corrected chi connectivity index (χ4v) is 3.68. The highest BCUT2D eigenvalue weighted by Crippen LogP contribution is 2.27. The van der Waals surface area contributed by atoms with Crippen LogP contribution in [0.3, 0.4) is 0 Å². The molecule has 0 bridgehead atoms. The molecule has 0 aliphatic heterocycles. The maximum absolute atomic E-state index is 14.8. The average molecular weight is 445 g/mol. The number of carbonyl (C=O) groups excluding carboxylic acids is 1. The van der Waals surface area contributed by atoms with Crippen molar-refractivity contribution in [2.24, 2.45) is 0 Å². The number of imidazole rings is 1. The molecule has 0 N–H and O–H groups in total. The predicted molar refractivity (Wildman–Crippen MR) is 118 cm³/mol. The van der Waals surface area contributed by atoms with E-state index in [2.05, 4.69) is 14.7 Å². The summed E-state index contributed by atoms with van der Waals surface area (Å²) in [6.07, 6.45) is 4.85. The molecular formula is C25H17F2N3O3. The Labute approximate surface area is 187 Å². The van der Waals surface area contributed by atoms with E-state index < -0.39 is 17.6 Å². The van der Waals surface area contributed by atoms with Crippen LogP contribution >= 0.6 is 0 Å². The van der Waals surface area contributed by atoms with Gasteiger partial charge in [0.2, 0.25) is 0 Å². The number of para-hydroxylation sites is 1. The van der Waals surface area contributed by atoms with E-state index in [1.807, 2.05) is 24.3 Å². The van der Waals surface area contributed by atoms with Gasteiger partial charge in [0.15, 0.2) is 11.5 Å². The number of methoxy groups -OCH3 is 1. The van der Waals surface area contributed by atoms with Crippen LogP contribution in [-0.2, 0) is 11.3 Å². The molecule has 0 aliphatic carbocycles. The Balaban J connectivity index is 1.49. The van der Waals surface area contributed by atoms with E-state index in [4.69, 9.17) is 4.74 Å². The van der Waals surface area contributed by atoms with E-state index in [-0.39, 0.29) is 17.8 Å². The predicted octanol–water partition coefficient (Wildman–Crippen LogP) is 5.19. The van der Waals surface area contributed by atoms with Crippen LogP contribution in [0.25, 0.3) is 27.7 Å². The van der Waals surface area contributed by atoms with Crippen LogP contribution < -0.4 is 4.74 Å². The standard InChI is InChI=1S/C25H17F2N3O3/c1-32-25(31)18-7-6-15(10-20(18)26)16-11-21(27)24-29-12-17(30(24)13-16)14-33-23-8-9-28-22-5-3-2-4-19(22)23/h2-13H,14H2,1H3. The van der Waals surface area contributed by atoms with Crippen LogP contribution in [0.5, 0.6) is 5.75 Å². The van der Waals surface area contributed by atoms with Gasteiger partial charge in [-0.15, -0.1) is 0 Å². The van der Waals surface area contributed by atoms with Gasteiger partial charge in [-0.2, -0.15) is 0 Å². The van der Waals surface area contributed by atoms with Crippen molar-refractivity contribution in [1.82, 2.24) is 14.4 Å². The number of carbonyl (C=O) groups is 1. The van der Waals surface area contributed by atoms with E-state index in [0.29, 0.717) is 22.6 Å². The SMILES string of the molecule is COC(=O)c1ccc(-c2cc(F)c3ncc(COc4ccnc5ccccc45)n3c2)cc1F. The van der Waals surface area contributed by atoms with Crippen LogP contribution in [0.15, 0.2) is 73.2 Å². The van der Waals surface area contributed by atoms with Gasteiger partial charge in [0.05, 0.1) is 30.1 Å². The van der Waals surface area contributed by atoms with Crippen LogP contribution in [-0.4, -0.2) is 27.4 Å². The summed E-state index contributed by atoms with van der Waals surface area (Å²) in [4.78, 5) is 20.1. The zero-order chi connectivity index (χ0) is 22.9. The van der Waals surface area contributed by atoms with Crippen LogP contribution in [0, 0.1) is 11.6 Å². The first kappa shape index (κ1) is 20.6. The van der Waals surface area contributed by atoms with Crippen molar-refractivity contribution >= 4 is 22.5 Å². The van der Waals surface area contributed by atoms with Gasteiger partial charge in [-0.25, -0.2) is 18.6 Å². The van der Waals surface area contributed by atoms with E-state index in [1.54, 1.807) is 22.9 Å². The topological polar surface area (TPSA) is 65.7 Å². The Hall–Kier alpha value is -4.33. The van der Waals surface area contributed by atoms with Gasteiger partial charge in [0.25, 0.3) is 0 Å². The number of nitrogens with zero attached hydrogens (tertiary/aromatic N) is 3. The number of benzene rings is 2. The van der Waals surface area contributed by atoms with Crippen molar-refractivity contribution in [3.63, 3.8) is 0 Å². The van der Waals surface area contributed by atoms with E-state index >= 15 is 0 Å². The summed E-state index contributed by atoms with van der Waals surface area (Å²) in [5, 5.41) is 0.863. The maximum Gasteiger partial charge on any atom is 0.340 e. The minimum Gasteiger partial charge on any atom is -0.487 e. The van der Waals surface area contributed by atoms with Gasteiger partial charge < -0.3 is 9.47 Å². The number of aromatic nitrogens is 3. The number of esters is 1. The number of fused-ring (bicyclic) bond motifs is 2. The maximum atomic E-state index is 14.8. The third kappa shape index (κ3) is 3.76. The number of halogens is 2. The van der Waals surface area contributed by atoms with Gasteiger partial charge in [-0.05, 0) is 42.0 Å². The number of hydrogen-bond donors (Lipinski definition) is 0. The normalized spacial score (nSPS) is 11.1. The van der Waals surface area contributed by atoms with Crippen molar-refractivity contribution in [1.29, 1.82) is 0 Å². The lowest BCUT2D eigenvalue weighted by Gasteiger charge is -2.10. The number of rotatable bonds is 5. The molecule has 3 heterocycles. The molecule has 0 fully saturated rings. The molecule has 3 aromatic heterocycles. The second-order valence-corrected chi connectivity index (χ2v) is 7.32. The Morgan fingerprint density at radius 2 is 1.82 bits per heavy atom. The number of ether oxygens (including phenoxy) is 2.